The second-order valence-electron chi connectivity index (χ2n) is 5.68. The van der Waals surface area contributed by atoms with Gasteiger partial charge < -0.3 is 15.4 Å². The summed E-state index contributed by atoms with van der Waals surface area (Å²) in [5.41, 5.74) is 2.27. The minimum absolute atomic E-state index is 0.168. The van der Waals surface area contributed by atoms with Gasteiger partial charge in [0.25, 0.3) is 0 Å². The molecule has 2 rings (SSSR count). The van der Waals surface area contributed by atoms with Crippen molar-refractivity contribution in [3.63, 3.8) is 0 Å². The first-order valence-corrected chi connectivity index (χ1v) is 9.44. The van der Waals surface area contributed by atoms with E-state index in [1.807, 2.05) is 13.0 Å². The molecule has 0 spiro atoms. The Morgan fingerprint density at radius 3 is 2.38 bits per heavy atom. The van der Waals surface area contributed by atoms with E-state index in [-0.39, 0.29) is 22.8 Å². The molecule has 26 heavy (non-hydrogen) atoms. The monoisotopic (exact) mass is 392 g/mol. The number of ether oxygens (including phenoxy) is 1. The summed E-state index contributed by atoms with van der Waals surface area (Å²) in [4.78, 5) is 24.3. The molecule has 0 unspecified atom stereocenters. The average molecular weight is 393 g/mol. The molecule has 0 fully saturated rings. The van der Waals surface area contributed by atoms with Crippen molar-refractivity contribution < 1.29 is 14.3 Å². The van der Waals surface area contributed by atoms with Crippen LogP contribution in [0, 0.1) is 6.92 Å². The number of thioether (sulfide) groups is 1. The van der Waals surface area contributed by atoms with Crippen LogP contribution in [0.1, 0.15) is 12.5 Å². The number of methoxy groups -OCH3 is 1. The quantitative estimate of drug-likeness (QED) is 0.734. The number of nitrogens with one attached hydrogen (secondary N) is 2. The van der Waals surface area contributed by atoms with Gasteiger partial charge in [0, 0.05) is 16.4 Å². The Morgan fingerprint density at radius 1 is 1.12 bits per heavy atom. The van der Waals surface area contributed by atoms with E-state index in [1.165, 1.54) is 11.8 Å². The molecule has 0 aromatic heterocycles. The summed E-state index contributed by atoms with van der Waals surface area (Å²) >= 11 is 7.32. The van der Waals surface area contributed by atoms with E-state index in [2.05, 4.69) is 10.6 Å². The number of halogens is 1. The first-order valence-electron chi connectivity index (χ1n) is 8.01. The summed E-state index contributed by atoms with van der Waals surface area (Å²) in [5, 5.41) is 5.81. The van der Waals surface area contributed by atoms with E-state index >= 15 is 0 Å². The second kappa shape index (κ2) is 9.50. The molecule has 2 aromatic rings. The van der Waals surface area contributed by atoms with E-state index in [9.17, 15) is 9.59 Å². The minimum Gasteiger partial charge on any atom is -0.497 e. The summed E-state index contributed by atoms with van der Waals surface area (Å²) in [6.45, 7) is 3.66. The van der Waals surface area contributed by atoms with Crippen molar-refractivity contribution in [1.82, 2.24) is 0 Å². The van der Waals surface area contributed by atoms with Gasteiger partial charge in [-0.3, -0.25) is 9.59 Å². The standard InChI is InChI=1S/C19H21ClN2O3S/c1-12-4-5-15(10-17(12)20)22-19(24)13(2)26-11-18(23)21-14-6-8-16(25-3)9-7-14/h4-10,13H,11H2,1-3H3,(H,21,23)(H,22,24)/t13-/m1/s1. The Kier molecular flexibility index (Phi) is 7.36. The zero-order chi connectivity index (χ0) is 19.1. The van der Waals surface area contributed by atoms with Crippen LogP contribution >= 0.6 is 23.4 Å². The predicted molar refractivity (Wildman–Crippen MR) is 108 cm³/mol. The molecule has 5 nitrogen and oxygen atoms in total. The molecular weight excluding hydrogens is 372 g/mol. The minimum atomic E-state index is -0.378. The maximum atomic E-state index is 12.2. The van der Waals surface area contributed by atoms with E-state index in [0.717, 1.165) is 11.3 Å². The lowest BCUT2D eigenvalue weighted by Crippen LogP contribution is -2.25. The highest BCUT2D eigenvalue weighted by atomic mass is 35.5. The van der Waals surface area contributed by atoms with Crippen molar-refractivity contribution in [2.75, 3.05) is 23.5 Å². The lowest BCUT2D eigenvalue weighted by atomic mass is 10.2. The lowest BCUT2D eigenvalue weighted by Gasteiger charge is -2.13. The lowest BCUT2D eigenvalue weighted by molar-refractivity contribution is -0.115. The SMILES string of the molecule is COc1ccc(NC(=O)CS[C@H](C)C(=O)Nc2ccc(C)c(Cl)c2)cc1. The zero-order valence-corrected chi connectivity index (χ0v) is 16.4. The molecule has 0 aliphatic rings. The van der Waals surface area contributed by atoms with E-state index in [0.29, 0.717) is 16.4 Å². The molecule has 0 heterocycles. The third-order valence-electron chi connectivity index (χ3n) is 3.65. The Hall–Kier alpha value is -2.18. The molecule has 2 N–H and O–H groups in total. The van der Waals surface area contributed by atoms with Crippen molar-refractivity contribution in [2.24, 2.45) is 0 Å². The van der Waals surface area contributed by atoms with Crippen LogP contribution in [-0.2, 0) is 9.59 Å². The molecule has 0 radical (unpaired) electrons. The van der Waals surface area contributed by atoms with Gasteiger partial charge in [0.2, 0.25) is 11.8 Å². The van der Waals surface area contributed by atoms with Crippen LogP contribution in [0.5, 0.6) is 5.75 Å². The van der Waals surface area contributed by atoms with Crippen molar-refractivity contribution in [2.45, 2.75) is 19.1 Å². The van der Waals surface area contributed by atoms with Crippen molar-refractivity contribution in [1.29, 1.82) is 0 Å². The molecule has 0 aliphatic heterocycles. The molecule has 7 heteroatoms. The third-order valence-corrected chi connectivity index (χ3v) is 5.20. The van der Waals surface area contributed by atoms with E-state index < -0.39 is 0 Å². The molecule has 2 aromatic carbocycles. The van der Waals surface area contributed by atoms with Gasteiger partial charge in [0.05, 0.1) is 18.1 Å². The summed E-state index contributed by atoms with van der Waals surface area (Å²) < 4.78 is 5.07. The van der Waals surface area contributed by atoms with E-state index in [4.69, 9.17) is 16.3 Å². The van der Waals surface area contributed by atoms with Crippen LogP contribution in [0.4, 0.5) is 11.4 Å². The van der Waals surface area contributed by atoms with Gasteiger partial charge in [-0.1, -0.05) is 17.7 Å². The van der Waals surface area contributed by atoms with Crippen LogP contribution < -0.4 is 15.4 Å². The van der Waals surface area contributed by atoms with Crippen LogP contribution in [0.2, 0.25) is 5.02 Å². The number of carbonyl (C=O) groups excluding carboxylic acids is 2. The molecule has 1 atom stereocenters. The fourth-order valence-electron chi connectivity index (χ4n) is 2.06. The Labute approximate surface area is 162 Å². The maximum absolute atomic E-state index is 12.2. The number of benzene rings is 2. The molecule has 0 saturated heterocycles. The highest BCUT2D eigenvalue weighted by Crippen LogP contribution is 2.21. The number of rotatable bonds is 7. The molecule has 0 bridgehead atoms. The third kappa shape index (κ3) is 5.97. The van der Waals surface area contributed by atoms with Crippen molar-refractivity contribution >= 4 is 46.6 Å². The Morgan fingerprint density at radius 2 is 1.77 bits per heavy atom. The highest BCUT2D eigenvalue weighted by Gasteiger charge is 2.16. The number of hydrogen-bond donors (Lipinski definition) is 2. The number of anilines is 2. The van der Waals surface area contributed by atoms with Crippen LogP contribution in [-0.4, -0.2) is 29.9 Å². The first-order chi connectivity index (χ1) is 12.4. The Bertz CT molecular complexity index is 781. The largest absolute Gasteiger partial charge is 0.497 e. The number of aryl methyl sites for hydroxylation is 1. The highest BCUT2D eigenvalue weighted by molar-refractivity contribution is 8.01. The van der Waals surface area contributed by atoms with Crippen LogP contribution in [0.3, 0.4) is 0 Å². The molecule has 2 amide bonds. The summed E-state index contributed by atoms with van der Waals surface area (Å²) in [6, 6.07) is 12.4. The van der Waals surface area contributed by atoms with Gasteiger partial charge in [-0.2, -0.15) is 0 Å². The fourth-order valence-corrected chi connectivity index (χ4v) is 2.93. The molecule has 0 aliphatic carbocycles. The van der Waals surface area contributed by atoms with Crippen molar-refractivity contribution in [3.05, 3.63) is 53.1 Å². The van der Waals surface area contributed by atoms with Gasteiger partial charge in [-0.15, -0.1) is 11.8 Å². The van der Waals surface area contributed by atoms with Gasteiger partial charge in [0.15, 0.2) is 0 Å². The topological polar surface area (TPSA) is 67.4 Å². The normalized spacial score (nSPS) is 11.5. The van der Waals surface area contributed by atoms with Crippen LogP contribution in [0.15, 0.2) is 42.5 Å². The smallest absolute Gasteiger partial charge is 0.237 e. The van der Waals surface area contributed by atoms with Gasteiger partial charge in [-0.05, 0) is 55.8 Å². The molecule has 0 saturated carbocycles. The van der Waals surface area contributed by atoms with Gasteiger partial charge in [-0.25, -0.2) is 0 Å². The average Bonchev–Trinajstić information content (AvgIpc) is 2.63. The summed E-state index contributed by atoms with van der Waals surface area (Å²) in [7, 11) is 1.58. The summed E-state index contributed by atoms with van der Waals surface area (Å²) in [6.07, 6.45) is 0. The number of carbonyl (C=O) groups is 2. The maximum Gasteiger partial charge on any atom is 0.237 e. The number of amides is 2. The molecular formula is C19H21ClN2O3S. The zero-order valence-electron chi connectivity index (χ0n) is 14.8. The van der Waals surface area contributed by atoms with E-state index in [1.54, 1.807) is 50.4 Å². The number of hydrogen-bond acceptors (Lipinski definition) is 4. The fraction of sp³-hybridized carbons (Fsp3) is 0.263. The Balaban J connectivity index is 1.80. The van der Waals surface area contributed by atoms with Crippen LogP contribution in [0.25, 0.3) is 0 Å². The predicted octanol–water partition coefficient (Wildman–Crippen LogP) is 4.36. The van der Waals surface area contributed by atoms with Gasteiger partial charge >= 0.3 is 0 Å². The van der Waals surface area contributed by atoms with Gasteiger partial charge in [0.1, 0.15) is 5.75 Å². The second-order valence-corrected chi connectivity index (χ2v) is 7.42. The first kappa shape index (κ1) is 20.1. The molecule has 138 valence electrons. The van der Waals surface area contributed by atoms with Crippen molar-refractivity contribution in [3.8, 4) is 5.75 Å². The summed E-state index contributed by atoms with van der Waals surface area (Å²) in [5.74, 6) is 0.555.